The summed E-state index contributed by atoms with van der Waals surface area (Å²) >= 11 is 12.0. The average Bonchev–Trinajstić information content (AvgIpc) is 2.55. The van der Waals surface area contributed by atoms with E-state index in [1.54, 1.807) is 0 Å². The van der Waals surface area contributed by atoms with E-state index in [1.807, 2.05) is 30.3 Å². The third kappa shape index (κ3) is 3.29. The van der Waals surface area contributed by atoms with Crippen LogP contribution in [0.4, 0.5) is 0 Å². The molecule has 4 heteroatoms. The molecule has 0 aliphatic rings. The van der Waals surface area contributed by atoms with Gasteiger partial charge in [0.05, 0.1) is 11.4 Å². The van der Waals surface area contributed by atoms with Crippen LogP contribution in [0.3, 0.4) is 0 Å². The van der Waals surface area contributed by atoms with E-state index >= 15 is 0 Å². The van der Waals surface area contributed by atoms with E-state index in [1.165, 1.54) is 5.56 Å². The molecule has 0 bridgehead atoms. The molecule has 2 nitrogen and oxygen atoms in total. The van der Waals surface area contributed by atoms with Crippen LogP contribution in [0.1, 0.15) is 12.5 Å². The summed E-state index contributed by atoms with van der Waals surface area (Å²) in [6.07, 6.45) is 1.01. The van der Waals surface area contributed by atoms with Gasteiger partial charge in [0, 0.05) is 16.1 Å². The topological polar surface area (TPSA) is 25.8 Å². The van der Waals surface area contributed by atoms with Crippen molar-refractivity contribution in [3.8, 4) is 22.5 Å². The molecule has 0 unspecified atom stereocenters. The smallest absolute Gasteiger partial charge is 0.218 e. The average molecular weight is 329 g/mol. The highest BCUT2D eigenvalue weighted by atomic mass is 35.5. The van der Waals surface area contributed by atoms with E-state index in [0.29, 0.717) is 5.02 Å². The highest BCUT2D eigenvalue weighted by Gasteiger charge is 2.07. The first-order chi connectivity index (χ1) is 10.7. The maximum atomic E-state index is 6.09. The second kappa shape index (κ2) is 6.47. The molecule has 3 aromatic rings. The molecular weight excluding hydrogens is 315 g/mol. The van der Waals surface area contributed by atoms with Crippen molar-refractivity contribution in [2.45, 2.75) is 13.3 Å². The lowest BCUT2D eigenvalue weighted by Crippen LogP contribution is -1.92. The van der Waals surface area contributed by atoms with Crippen LogP contribution in [-0.4, -0.2) is 9.97 Å². The lowest BCUT2D eigenvalue weighted by Gasteiger charge is -2.07. The Kier molecular flexibility index (Phi) is 4.41. The molecule has 0 amide bonds. The third-order valence-electron chi connectivity index (χ3n) is 3.50. The summed E-state index contributed by atoms with van der Waals surface area (Å²) in [5.41, 5.74) is 4.87. The number of rotatable bonds is 3. The van der Waals surface area contributed by atoms with Gasteiger partial charge in [-0.2, -0.15) is 0 Å². The zero-order valence-electron chi connectivity index (χ0n) is 12.1. The zero-order valence-corrected chi connectivity index (χ0v) is 13.6. The first-order valence-electron chi connectivity index (χ1n) is 7.05. The van der Waals surface area contributed by atoms with E-state index in [2.05, 4.69) is 41.2 Å². The standard InChI is InChI=1S/C18H14Cl2N2/c1-2-12-3-5-13(6-4-12)16-11-17(22-18(20)21-16)14-7-9-15(19)10-8-14/h3-11H,2H2,1H3. The fourth-order valence-electron chi connectivity index (χ4n) is 2.25. The van der Waals surface area contributed by atoms with Crippen LogP contribution in [-0.2, 0) is 6.42 Å². The minimum atomic E-state index is 0.238. The molecule has 0 saturated carbocycles. The molecule has 0 aliphatic carbocycles. The van der Waals surface area contributed by atoms with E-state index in [-0.39, 0.29) is 5.28 Å². The van der Waals surface area contributed by atoms with E-state index in [4.69, 9.17) is 23.2 Å². The maximum Gasteiger partial charge on any atom is 0.223 e. The Morgan fingerprint density at radius 3 is 1.77 bits per heavy atom. The summed E-state index contributed by atoms with van der Waals surface area (Å²) < 4.78 is 0. The lowest BCUT2D eigenvalue weighted by molar-refractivity contribution is 1.14. The Morgan fingerprint density at radius 2 is 1.27 bits per heavy atom. The molecule has 0 atom stereocenters. The van der Waals surface area contributed by atoms with Crippen molar-refractivity contribution >= 4 is 23.2 Å². The Hall–Kier alpha value is -1.90. The van der Waals surface area contributed by atoms with Gasteiger partial charge in [-0.15, -0.1) is 0 Å². The van der Waals surface area contributed by atoms with Gasteiger partial charge in [0.25, 0.3) is 0 Å². The molecule has 0 saturated heterocycles. The van der Waals surface area contributed by atoms with Crippen LogP contribution >= 0.6 is 23.2 Å². The summed E-state index contributed by atoms with van der Waals surface area (Å²) in [5.74, 6) is 0. The Morgan fingerprint density at radius 1 is 0.773 bits per heavy atom. The molecule has 110 valence electrons. The maximum absolute atomic E-state index is 6.09. The van der Waals surface area contributed by atoms with Crippen LogP contribution in [0.2, 0.25) is 10.3 Å². The molecule has 22 heavy (non-hydrogen) atoms. The highest BCUT2D eigenvalue weighted by molar-refractivity contribution is 6.30. The first-order valence-corrected chi connectivity index (χ1v) is 7.81. The highest BCUT2D eigenvalue weighted by Crippen LogP contribution is 2.26. The summed E-state index contributed by atoms with van der Waals surface area (Å²) in [7, 11) is 0. The number of benzene rings is 2. The Labute approximate surface area is 139 Å². The van der Waals surface area contributed by atoms with Crippen LogP contribution in [0.15, 0.2) is 54.6 Å². The third-order valence-corrected chi connectivity index (χ3v) is 3.92. The quantitative estimate of drug-likeness (QED) is 0.578. The van der Waals surface area contributed by atoms with Gasteiger partial charge in [0.15, 0.2) is 0 Å². The molecule has 0 fully saturated rings. The van der Waals surface area contributed by atoms with Crippen molar-refractivity contribution in [1.82, 2.24) is 9.97 Å². The van der Waals surface area contributed by atoms with Crippen molar-refractivity contribution in [2.24, 2.45) is 0 Å². The second-order valence-electron chi connectivity index (χ2n) is 4.96. The minimum Gasteiger partial charge on any atom is -0.218 e. The predicted molar refractivity (Wildman–Crippen MR) is 92.3 cm³/mol. The molecular formula is C18H14Cl2N2. The molecule has 3 rings (SSSR count). The molecule has 2 aromatic carbocycles. The largest absolute Gasteiger partial charge is 0.223 e. The molecule has 1 heterocycles. The summed E-state index contributed by atoms with van der Waals surface area (Å²) in [4.78, 5) is 8.64. The van der Waals surface area contributed by atoms with Gasteiger partial charge in [0.1, 0.15) is 0 Å². The number of aryl methyl sites for hydroxylation is 1. The monoisotopic (exact) mass is 328 g/mol. The number of aromatic nitrogens is 2. The fraction of sp³-hybridized carbons (Fsp3) is 0.111. The van der Waals surface area contributed by atoms with Crippen LogP contribution in [0, 0.1) is 0 Å². The van der Waals surface area contributed by atoms with Gasteiger partial charge in [-0.05, 0) is 41.8 Å². The number of hydrogen-bond acceptors (Lipinski definition) is 2. The van der Waals surface area contributed by atoms with E-state index in [0.717, 1.165) is 28.9 Å². The summed E-state index contributed by atoms with van der Waals surface area (Å²) in [6, 6.07) is 17.8. The van der Waals surface area contributed by atoms with Crippen molar-refractivity contribution < 1.29 is 0 Å². The van der Waals surface area contributed by atoms with Crippen LogP contribution in [0.5, 0.6) is 0 Å². The normalized spacial score (nSPS) is 10.7. The van der Waals surface area contributed by atoms with Crippen molar-refractivity contribution in [3.05, 3.63) is 70.5 Å². The van der Waals surface area contributed by atoms with Crippen LogP contribution in [0.25, 0.3) is 22.5 Å². The minimum absolute atomic E-state index is 0.238. The van der Waals surface area contributed by atoms with Gasteiger partial charge in [-0.3, -0.25) is 0 Å². The SMILES string of the molecule is CCc1ccc(-c2cc(-c3ccc(Cl)cc3)nc(Cl)n2)cc1. The van der Waals surface area contributed by atoms with E-state index < -0.39 is 0 Å². The summed E-state index contributed by atoms with van der Waals surface area (Å²) in [6.45, 7) is 2.13. The lowest BCUT2D eigenvalue weighted by atomic mass is 10.1. The van der Waals surface area contributed by atoms with Gasteiger partial charge in [0.2, 0.25) is 5.28 Å². The zero-order chi connectivity index (χ0) is 15.5. The van der Waals surface area contributed by atoms with Gasteiger partial charge >= 0.3 is 0 Å². The molecule has 0 spiro atoms. The van der Waals surface area contributed by atoms with E-state index in [9.17, 15) is 0 Å². The number of hydrogen-bond donors (Lipinski definition) is 0. The second-order valence-corrected chi connectivity index (χ2v) is 5.74. The predicted octanol–water partition coefficient (Wildman–Crippen LogP) is 5.68. The summed E-state index contributed by atoms with van der Waals surface area (Å²) in [5, 5.41) is 0.932. The van der Waals surface area contributed by atoms with Crippen LogP contribution < -0.4 is 0 Å². The fourth-order valence-corrected chi connectivity index (χ4v) is 2.55. The Bertz CT molecular complexity index is 781. The molecule has 1 aromatic heterocycles. The van der Waals surface area contributed by atoms with Gasteiger partial charge in [-0.25, -0.2) is 9.97 Å². The first kappa shape index (κ1) is 15.0. The van der Waals surface area contributed by atoms with Gasteiger partial charge < -0.3 is 0 Å². The van der Waals surface area contributed by atoms with Crippen molar-refractivity contribution in [3.63, 3.8) is 0 Å². The number of halogens is 2. The number of nitrogens with zero attached hydrogens (tertiary/aromatic N) is 2. The molecule has 0 radical (unpaired) electrons. The van der Waals surface area contributed by atoms with Crippen molar-refractivity contribution in [1.29, 1.82) is 0 Å². The van der Waals surface area contributed by atoms with Crippen molar-refractivity contribution in [2.75, 3.05) is 0 Å². The van der Waals surface area contributed by atoms with Gasteiger partial charge in [-0.1, -0.05) is 54.9 Å². The molecule has 0 N–H and O–H groups in total. The molecule has 0 aliphatic heterocycles. The Balaban J connectivity index is 2.03.